The molecule has 0 radical (unpaired) electrons. The SMILES string of the molecule is CCOC(=O)c1cc2c(C(C)c3ccccc3)nc(N)nc2s1. The molecule has 6 heteroatoms. The number of hydrogen-bond donors (Lipinski definition) is 1. The normalized spacial score (nSPS) is 12.3. The van der Waals surface area contributed by atoms with E-state index >= 15 is 0 Å². The van der Waals surface area contributed by atoms with Gasteiger partial charge >= 0.3 is 5.97 Å². The van der Waals surface area contributed by atoms with E-state index in [1.54, 1.807) is 13.0 Å². The van der Waals surface area contributed by atoms with Crippen LogP contribution < -0.4 is 5.73 Å². The fourth-order valence-electron chi connectivity index (χ4n) is 2.49. The van der Waals surface area contributed by atoms with E-state index in [0.717, 1.165) is 16.6 Å². The van der Waals surface area contributed by atoms with E-state index in [2.05, 4.69) is 16.9 Å². The molecule has 0 spiro atoms. The van der Waals surface area contributed by atoms with Crippen LogP contribution in [0.15, 0.2) is 36.4 Å². The van der Waals surface area contributed by atoms with Crippen LogP contribution in [0.4, 0.5) is 5.95 Å². The first-order valence-corrected chi connectivity index (χ1v) is 8.20. The third-order valence-corrected chi connectivity index (χ3v) is 4.63. The first-order valence-electron chi connectivity index (χ1n) is 7.39. The first-order chi connectivity index (χ1) is 11.1. The third kappa shape index (κ3) is 3.03. The monoisotopic (exact) mass is 327 g/mol. The molecular weight excluding hydrogens is 310 g/mol. The topological polar surface area (TPSA) is 78.1 Å². The van der Waals surface area contributed by atoms with Crippen LogP contribution in [0.25, 0.3) is 10.2 Å². The zero-order valence-corrected chi connectivity index (χ0v) is 13.8. The van der Waals surface area contributed by atoms with Crippen LogP contribution in [0.3, 0.4) is 0 Å². The van der Waals surface area contributed by atoms with Crippen LogP contribution in [0.2, 0.25) is 0 Å². The Morgan fingerprint density at radius 2 is 2.04 bits per heavy atom. The number of thiophene rings is 1. The predicted octanol–water partition coefficient (Wildman–Crippen LogP) is 3.60. The number of fused-ring (bicyclic) bond motifs is 1. The maximum atomic E-state index is 12.0. The lowest BCUT2D eigenvalue weighted by molar-refractivity contribution is 0.0532. The molecule has 0 aliphatic rings. The van der Waals surface area contributed by atoms with Crippen molar-refractivity contribution in [3.63, 3.8) is 0 Å². The molecule has 2 N–H and O–H groups in total. The second-order valence-electron chi connectivity index (χ2n) is 5.15. The molecule has 3 aromatic rings. The summed E-state index contributed by atoms with van der Waals surface area (Å²) >= 11 is 1.28. The van der Waals surface area contributed by atoms with Crippen molar-refractivity contribution >= 4 is 33.5 Å². The summed E-state index contributed by atoms with van der Waals surface area (Å²) in [5.74, 6) is -0.0754. The average Bonchev–Trinajstić information content (AvgIpc) is 2.98. The molecule has 0 amide bonds. The third-order valence-electron chi connectivity index (χ3n) is 3.63. The number of benzene rings is 1. The summed E-state index contributed by atoms with van der Waals surface area (Å²) in [5.41, 5.74) is 7.81. The standard InChI is InChI=1S/C17H17N3O2S/c1-3-22-16(21)13-9-12-14(19-17(18)20-15(12)23-13)10(2)11-7-5-4-6-8-11/h4-10H,3H2,1-2H3,(H2,18,19,20). The highest BCUT2D eigenvalue weighted by Crippen LogP contribution is 2.33. The predicted molar refractivity (Wildman–Crippen MR) is 91.7 cm³/mol. The van der Waals surface area contributed by atoms with Gasteiger partial charge in [-0.1, -0.05) is 37.3 Å². The Bertz CT molecular complexity index is 846. The van der Waals surface area contributed by atoms with Crippen molar-refractivity contribution in [2.75, 3.05) is 12.3 Å². The van der Waals surface area contributed by atoms with E-state index in [1.807, 2.05) is 30.3 Å². The fraction of sp³-hybridized carbons (Fsp3) is 0.235. The minimum Gasteiger partial charge on any atom is -0.462 e. The molecule has 0 saturated heterocycles. The van der Waals surface area contributed by atoms with Crippen molar-refractivity contribution in [3.8, 4) is 0 Å². The van der Waals surface area contributed by atoms with Crippen molar-refractivity contribution < 1.29 is 9.53 Å². The van der Waals surface area contributed by atoms with Crippen molar-refractivity contribution in [1.82, 2.24) is 9.97 Å². The Kier molecular flexibility index (Phi) is 4.25. The van der Waals surface area contributed by atoms with Gasteiger partial charge in [0.05, 0.1) is 12.3 Å². The summed E-state index contributed by atoms with van der Waals surface area (Å²) in [6, 6.07) is 11.9. The Morgan fingerprint density at radius 3 is 2.74 bits per heavy atom. The van der Waals surface area contributed by atoms with Crippen molar-refractivity contribution in [1.29, 1.82) is 0 Å². The molecule has 0 aliphatic heterocycles. The van der Waals surface area contributed by atoms with Crippen molar-refractivity contribution in [2.45, 2.75) is 19.8 Å². The molecule has 0 aliphatic carbocycles. The number of nitrogens with zero attached hydrogens (tertiary/aromatic N) is 2. The summed E-state index contributed by atoms with van der Waals surface area (Å²) in [6.45, 7) is 4.19. The van der Waals surface area contributed by atoms with Crippen LogP contribution in [0.1, 0.15) is 40.7 Å². The van der Waals surface area contributed by atoms with Crippen molar-refractivity contribution in [3.05, 3.63) is 52.5 Å². The first kappa shape index (κ1) is 15.4. The second-order valence-corrected chi connectivity index (χ2v) is 6.18. The maximum absolute atomic E-state index is 12.0. The Balaban J connectivity index is 2.11. The smallest absolute Gasteiger partial charge is 0.348 e. The van der Waals surface area contributed by atoms with E-state index in [-0.39, 0.29) is 17.8 Å². The average molecular weight is 327 g/mol. The summed E-state index contributed by atoms with van der Waals surface area (Å²) in [6.07, 6.45) is 0. The van der Waals surface area contributed by atoms with Crippen molar-refractivity contribution in [2.24, 2.45) is 0 Å². The molecular formula is C17H17N3O2S. The molecule has 118 valence electrons. The highest BCUT2D eigenvalue weighted by atomic mass is 32.1. The zero-order chi connectivity index (χ0) is 16.4. The van der Waals surface area contributed by atoms with Gasteiger partial charge in [-0.3, -0.25) is 0 Å². The van der Waals surface area contributed by atoms with E-state index in [4.69, 9.17) is 10.5 Å². The minimum atomic E-state index is -0.340. The molecule has 5 nitrogen and oxygen atoms in total. The van der Waals surface area contributed by atoms with Gasteiger partial charge in [-0.25, -0.2) is 14.8 Å². The lowest BCUT2D eigenvalue weighted by Crippen LogP contribution is -2.04. The van der Waals surface area contributed by atoms with Crippen LogP contribution in [0.5, 0.6) is 0 Å². The highest BCUT2D eigenvalue weighted by molar-refractivity contribution is 7.20. The van der Waals surface area contributed by atoms with Gasteiger partial charge in [0.2, 0.25) is 5.95 Å². The number of rotatable bonds is 4. The van der Waals surface area contributed by atoms with Gasteiger partial charge in [0.25, 0.3) is 0 Å². The van der Waals surface area contributed by atoms with Gasteiger partial charge in [-0.2, -0.15) is 0 Å². The number of hydrogen-bond acceptors (Lipinski definition) is 6. The molecule has 0 saturated carbocycles. The number of anilines is 1. The number of aromatic nitrogens is 2. The van der Waals surface area contributed by atoms with Crippen LogP contribution >= 0.6 is 11.3 Å². The molecule has 2 heterocycles. The second kappa shape index (κ2) is 6.34. The fourth-order valence-corrected chi connectivity index (χ4v) is 3.43. The van der Waals surface area contributed by atoms with Crippen LogP contribution in [0, 0.1) is 0 Å². The molecule has 0 bridgehead atoms. The quantitative estimate of drug-likeness (QED) is 0.741. The van der Waals surface area contributed by atoms with Crippen LogP contribution in [-0.2, 0) is 4.74 Å². The Labute approximate surface area is 138 Å². The lowest BCUT2D eigenvalue weighted by atomic mass is 9.96. The van der Waals surface area contributed by atoms with Gasteiger partial charge in [0.15, 0.2) is 0 Å². The molecule has 23 heavy (non-hydrogen) atoms. The minimum absolute atomic E-state index is 0.0497. The van der Waals surface area contributed by atoms with E-state index in [1.165, 1.54) is 11.3 Å². The van der Waals surface area contributed by atoms with E-state index < -0.39 is 0 Å². The number of carbonyl (C=O) groups is 1. The number of nitrogen functional groups attached to an aromatic ring is 1. The van der Waals surface area contributed by atoms with E-state index in [0.29, 0.717) is 16.3 Å². The molecule has 3 rings (SSSR count). The van der Waals surface area contributed by atoms with Crippen LogP contribution in [-0.4, -0.2) is 22.5 Å². The largest absolute Gasteiger partial charge is 0.462 e. The maximum Gasteiger partial charge on any atom is 0.348 e. The number of ether oxygens (including phenoxy) is 1. The summed E-state index contributed by atoms with van der Waals surface area (Å²) in [5, 5.41) is 0.851. The molecule has 1 unspecified atom stereocenters. The molecule has 2 aromatic heterocycles. The summed E-state index contributed by atoms with van der Waals surface area (Å²) < 4.78 is 5.06. The highest BCUT2D eigenvalue weighted by Gasteiger charge is 2.20. The molecule has 0 fully saturated rings. The van der Waals surface area contributed by atoms with Gasteiger partial charge in [-0.05, 0) is 18.6 Å². The number of carbonyl (C=O) groups excluding carboxylic acids is 1. The molecule has 1 aromatic carbocycles. The van der Waals surface area contributed by atoms with Gasteiger partial charge < -0.3 is 10.5 Å². The number of esters is 1. The zero-order valence-electron chi connectivity index (χ0n) is 12.9. The molecule has 1 atom stereocenters. The van der Waals surface area contributed by atoms with Gasteiger partial charge in [0.1, 0.15) is 9.71 Å². The number of nitrogens with two attached hydrogens (primary N) is 1. The van der Waals surface area contributed by atoms with E-state index in [9.17, 15) is 4.79 Å². The summed E-state index contributed by atoms with van der Waals surface area (Å²) in [7, 11) is 0. The summed E-state index contributed by atoms with van der Waals surface area (Å²) in [4.78, 5) is 21.9. The van der Waals surface area contributed by atoms with Gasteiger partial charge in [0, 0.05) is 11.3 Å². The van der Waals surface area contributed by atoms with Gasteiger partial charge in [-0.15, -0.1) is 11.3 Å². The Hall–Kier alpha value is -2.47. The lowest BCUT2D eigenvalue weighted by Gasteiger charge is -2.12. The Morgan fingerprint density at radius 1 is 1.30 bits per heavy atom.